The highest BCUT2D eigenvalue weighted by molar-refractivity contribution is 7.92. The summed E-state index contributed by atoms with van der Waals surface area (Å²) >= 11 is 0. The summed E-state index contributed by atoms with van der Waals surface area (Å²) in [5, 5.41) is 6.62. The number of nitrogens with one attached hydrogen (secondary N) is 2. The molecule has 1 aliphatic rings. The van der Waals surface area contributed by atoms with Gasteiger partial charge in [-0.05, 0) is 60.1 Å². The quantitative estimate of drug-likeness (QED) is 0.593. The Kier molecular flexibility index (Phi) is 5.13. The summed E-state index contributed by atoms with van der Waals surface area (Å²) in [6.45, 7) is 8.24. The van der Waals surface area contributed by atoms with Gasteiger partial charge in [-0.2, -0.15) is 0 Å². The van der Waals surface area contributed by atoms with E-state index in [2.05, 4.69) is 42.0 Å². The fraction of sp³-hybridized carbons (Fsp3) is 0.304. The normalized spacial score (nSPS) is 17.2. The van der Waals surface area contributed by atoms with Gasteiger partial charge < -0.3 is 9.84 Å². The lowest BCUT2D eigenvalue weighted by Gasteiger charge is -2.19. The molecule has 3 aromatic rings. The van der Waals surface area contributed by atoms with Gasteiger partial charge in [-0.25, -0.2) is 8.42 Å². The van der Waals surface area contributed by atoms with Crippen LogP contribution in [-0.4, -0.2) is 19.5 Å². The van der Waals surface area contributed by atoms with Gasteiger partial charge in [-0.1, -0.05) is 44.1 Å². The predicted octanol–water partition coefficient (Wildman–Crippen LogP) is 4.82. The third kappa shape index (κ3) is 4.07. The summed E-state index contributed by atoms with van der Waals surface area (Å²) in [7, 11) is -3.92. The maximum atomic E-state index is 13.0. The highest BCUT2D eigenvalue weighted by Crippen LogP contribution is 2.48. The number of hydrogen-bond donors (Lipinski definition) is 2. The fourth-order valence-electron chi connectivity index (χ4n) is 4.38. The molecule has 7 nitrogen and oxygen atoms in total. The molecule has 1 atom stereocenters. The lowest BCUT2D eigenvalue weighted by atomic mass is 9.86. The number of carbonyl (C=O) groups is 1. The third-order valence-corrected chi connectivity index (χ3v) is 7.02. The van der Waals surface area contributed by atoms with Crippen molar-refractivity contribution < 1.29 is 17.7 Å². The topological polar surface area (TPSA) is 101 Å². The summed E-state index contributed by atoms with van der Waals surface area (Å²) in [6, 6.07) is 13.3. The zero-order valence-electron chi connectivity index (χ0n) is 17.9. The Hall–Kier alpha value is -3.13. The molecule has 0 fully saturated rings. The number of aromatic nitrogens is 1. The molecule has 1 aliphatic carbocycles. The largest absolute Gasteiger partial charge is 0.360 e. The molecule has 8 heteroatoms. The van der Waals surface area contributed by atoms with Crippen LogP contribution >= 0.6 is 0 Å². The van der Waals surface area contributed by atoms with Crippen molar-refractivity contribution in [2.75, 3.05) is 10.0 Å². The number of anilines is 2. The van der Waals surface area contributed by atoms with Crippen LogP contribution in [0.5, 0.6) is 0 Å². The first-order chi connectivity index (χ1) is 14.6. The van der Waals surface area contributed by atoms with Crippen molar-refractivity contribution >= 4 is 27.4 Å². The fourth-order valence-corrected chi connectivity index (χ4v) is 5.41. The molecule has 4 rings (SSSR count). The van der Waals surface area contributed by atoms with E-state index in [9.17, 15) is 13.2 Å². The summed E-state index contributed by atoms with van der Waals surface area (Å²) in [5.41, 5.74) is 3.45. The lowest BCUT2D eigenvalue weighted by Crippen LogP contribution is -2.17. The van der Waals surface area contributed by atoms with Crippen molar-refractivity contribution in [1.82, 2.24) is 5.16 Å². The average Bonchev–Trinajstić information content (AvgIpc) is 3.21. The molecule has 0 saturated carbocycles. The maximum Gasteiger partial charge on any atom is 0.263 e. The Morgan fingerprint density at radius 1 is 1.16 bits per heavy atom. The van der Waals surface area contributed by atoms with Gasteiger partial charge in [0.05, 0.1) is 4.90 Å². The third-order valence-electron chi connectivity index (χ3n) is 5.67. The minimum absolute atomic E-state index is 0.0337. The maximum absolute atomic E-state index is 13.0. The van der Waals surface area contributed by atoms with Crippen LogP contribution in [0.3, 0.4) is 0 Å². The van der Waals surface area contributed by atoms with Crippen LogP contribution in [0.25, 0.3) is 0 Å². The number of rotatable bonds is 5. The Morgan fingerprint density at radius 3 is 2.61 bits per heavy atom. The number of hydrogen-bond acceptors (Lipinski definition) is 5. The number of benzene rings is 2. The number of carbonyl (C=O) groups excluding carboxylic acids is 1. The Bertz CT molecular complexity index is 1260. The second-order valence-electron chi connectivity index (χ2n) is 8.67. The van der Waals surface area contributed by atoms with E-state index in [0.717, 1.165) is 17.7 Å². The summed E-state index contributed by atoms with van der Waals surface area (Å²) in [4.78, 5) is 12.9. The van der Waals surface area contributed by atoms with Crippen LogP contribution in [0.4, 0.5) is 11.5 Å². The summed E-state index contributed by atoms with van der Waals surface area (Å²) in [6.07, 6.45) is 1.01. The molecule has 1 aromatic heterocycles. The van der Waals surface area contributed by atoms with Gasteiger partial charge in [0.2, 0.25) is 0 Å². The molecule has 0 bridgehead atoms. The number of nitrogens with zero attached hydrogens (tertiary/aromatic N) is 1. The minimum Gasteiger partial charge on any atom is -0.360 e. The van der Waals surface area contributed by atoms with Crippen molar-refractivity contribution in [1.29, 1.82) is 0 Å². The van der Waals surface area contributed by atoms with Crippen LogP contribution in [-0.2, 0) is 15.4 Å². The summed E-state index contributed by atoms with van der Waals surface area (Å²) < 4.78 is 32.6. The SMILES string of the molecule is Cc1cc(NS(=O)(=O)c2cccc(C(=O)Nc3cccc4c3C(C)CC4(C)C)c2)no1. The van der Waals surface area contributed by atoms with Gasteiger partial charge in [0.1, 0.15) is 5.76 Å². The number of fused-ring (bicyclic) bond motifs is 1. The van der Waals surface area contributed by atoms with Crippen molar-refractivity contribution in [3.63, 3.8) is 0 Å². The van der Waals surface area contributed by atoms with Gasteiger partial charge in [0.15, 0.2) is 5.82 Å². The van der Waals surface area contributed by atoms with E-state index in [1.54, 1.807) is 19.1 Å². The second-order valence-corrected chi connectivity index (χ2v) is 10.3. The first-order valence-electron chi connectivity index (χ1n) is 10.1. The van der Waals surface area contributed by atoms with E-state index in [1.807, 2.05) is 12.1 Å². The molecule has 0 aliphatic heterocycles. The molecule has 162 valence electrons. The number of sulfonamides is 1. The first kappa shape index (κ1) is 21.1. The number of amides is 1. The molecule has 31 heavy (non-hydrogen) atoms. The van der Waals surface area contributed by atoms with Gasteiger partial charge in [-0.15, -0.1) is 0 Å². The first-order valence-corrected chi connectivity index (χ1v) is 11.6. The second kappa shape index (κ2) is 7.53. The molecule has 1 amide bonds. The van der Waals surface area contributed by atoms with E-state index < -0.39 is 10.0 Å². The van der Waals surface area contributed by atoms with E-state index in [0.29, 0.717) is 11.7 Å². The van der Waals surface area contributed by atoms with Crippen molar-refractivity contribution in [2.45, 2.75) is 50.3 Å². The van der Waals surface area contributed by atoms with Crippen molar-refractivity contribution in [3.05, 3.63) is 71.0 Å². The van der Waals surface area contributed by atoms with Crippen molar-refractivity contribution in [3.8, 4) is 0 Å². The van der Waals surface area contributed by atoms with Gasteiger partial charge in [0, 0.05) is 17.3 Å². The Balaban J connectivity index is 1.60. The van der Waals surface area contributed by atoms with Gasteiger partial charge >= 0.3 is 0 Å². The van der Waals surface area contributed by atoms with E-state index in [1.165, 1.54) is 23.8 Å². The molecular formula is C23H25N3O4S. The van der Waals surface area contributed by atoms with E-state index in [4.69, 9.17) is 4.52 Å². The zero-order valence-corrected chi connectivity index (χ0v) is 18.7. The smallest absolute Gasteiger partial charge is 0.263 e. The van der Waals surface area contributed by atoms with Crippen LogP contribution in [0.15, 0.2) is 57.9 Å². The predicted molar refractivity (Wildman–Crippen MR) is 119 cm³/mol. The number of aryl methyl sites for hydroxylation is 1. The van der Waals surface area contributed by atoms with Gasteiger partial charge in [-0.3, -0.25) is 9.52 Å². The standard InChI is InChI=1S/C23H25N3O4S/c1-14-13-23(3,4)18-9-6-10-19(21(14)18)24-22(27)16-7-5-8-17(12-16)31(28,29)26-20-11-15(2)30-25-20/h5-12,14H,13H2,1-4H3,(H,24,27)(H,25,26). The summed E-state index contributed by atoms with van der Waals surface area (Å²) in [5.74, 6) is 0.533. The monoisotopic (exact) mass is 439 g/mol. The molecule has 2 aromatic carbocycles. The van der Waals surface area contributed by atoms with Gasteiger partial charge in [0.25, 0.3) is 15.9 Å². The molecule has 1 heterocycles. The molecule has 0 spiro atoms. The highest BCUT2D eigenvalue weighted by Gasteiger charge is 2.36. The van der Waals surface area contributed by atoms with Crippen LogP contribution in [0.2, 0.25) is 0 Å². The average molecular weight is 440 g/mol. The van der Waals surface area contributed by atoms with Crippen LogP contribution < -0.4 is 10.0 Å². The zero-order chi connectivity index (χ0) is 22.4. The lowest BCUT2D eigenvalue weighted by molar-refractivity contribution is 0.102. The Morgan fingerprint density at radius 2 is 1.90 bits per heavy atom. The van der Waals surface area contributed by atoms with E-state index in [-0.39, 0.29) is 27.6 Å². The molecule has 2 N–H and O–H groups in total. The molecule has 0 radical (unpaired) electrons. The molecule has 1 unspecified atom stereocenters. The van der Waals surface area contributed by atoms with Crippen LogP contribution in [0, 0.1) is 6.92 Å². The Labute approximate surface area is 181 Å². The van der Waals surface area contributed by atoms with E-state index >= 15 is 0 Å². The minimum atomic E-state index is -3.92. The molecular weight excluding hydrogens is 414 g/mol. The molecule has 0 saturated heterocycles. The highest BCUT2D eigenvalue weighted by atomic mass is 32.2. The van der Waals surface area contributed by atoms with Crippen LogP contribution in [0.1, 0.15) is 60.4 Å². The van der Waals surface area contributed by atoms with Crippen molar-refractivity contribution in [2.24, 2.45) is 0 Å².